The van der Waals surface area contributed by atoms with Crippen LogP contribution in [0.4, 0.5) is 0 Å². The van der Waals surface area contributed by atoms with Crippen molar-refractivity contribution in [3.63, 3.8) is 0 Å². The van der Waals surface area contributed by atoms with Crippen LogP contribution in [-0.4, -0.2) is 6.29 Å². The zero-order valence-electron chi connectivity index (χ0n) is 9.67. The molecule has 2 nitrogen and oxygen atoms in total. The Morgan fingerprint density at radius 2 is 1.71 bits per heavy atom. The van der Waals surface area contributed by atoms with E-state index in [0.717, 1.165) is 23.3 Å². The smallest absolute Gasteiger partial charge is 0.127 e. The summed E-state index contributed by atoms with van der Waals surface area (Å²) in [5.74, 6) is 1.44. The zero-order chi connectivity index (χ0) is 12.1. The molecule has 86 valence electrons. The summed E-state index contributed by atoms with van der Waals surface area (Å²) in [6.07, 6.45) is 0.932. The van der Waals surface area contributed by atoms with Crippen molar-refractivity contribution in [1.29, 1.82) is 0 Å². The van der Waals surface area contributed by atoms with Gasteiger partial charge in [0.05, 0.1) is 0 Å². The summed E-state index contributed by atoms with van der Waals surface area (Å²) in [4.78, 5) is 10.7. The van der Waals surface area contributed by atoms with E-state index in [1.54, 1.807) is 0 Å². The predicted molar refractivity (Wildman–Crippen MR) is 67.4 cm³/mol. The molecule has 0 aromatic heterocycles. The maximum absolute atomic E-state index is 10.7. The first-order chi connectivity index (χ1) is 8.29. The second kappa shape index (κ2) is 5.30. The minimum absolute atomic E-state index is 0.102. The molecule has 0 aliphatic heterocycles. The third-order valence-corrected chi connectivity index (χ3v) is 2.57. The molecule has 0 bridgehead atoms. The number of aldehydes is 1. The number of carbonyl (C=O) groups excluding carboxylic acids is 1. The van der Waals surface area contributed by atoms with Crippen LogP contribution in [0.25, 0.3) is 0 Å². The first kappa shape index (κ1) is 11.4. The molecule has 2 rings (SSSR count). The molecular formula is C15H14O2. The van der Waals surface area contributed by atoms with Crippen molar-refractivity contribution in [1.82, 2.24) is 0 Å². The summed E-state index contributed by atoms with van der Waals surface area (Å²) >= 11 is 0. The third-order valence-electron chi connectivity index (χ3n) is 2.57. The highest BCUT2D eigenvalue weighted by Gasteiger charge is 2.05. The molecule has 0 aliphatic rings. The van der Waals surface area contributed by atoms with E-state index < -0.39 is 0 Å². The number of benzene rings is 2. The third kappa shape index (κ3) is 2.94. The number of rotatable bonds is 4. The molecule has 0 amide bonds. The van der Waals surface area contributed by atoms with Crippen molar-refractivity contribution in [2.24, 2.45) is 0 Å². The van der Waals surface area contributed by atoms with E-state index in [2.05, 4.69) is 0 Å². The van der Waals surface area contributed by atoms with Crippen LogP contribution in [0.1, 0.15) is 18.4 Å². The van der Waals surface area contributed by atoms with Gasteiger partial charge in [-0.25, -0.2) is 0 Å². The Bertz CT molecular complexity index is 491. The largest absolute Gasteiger partial charge is 0.457 e. The van der Waals surface area contributed by atoms with Gasteiger partial charge in [0.15, 0.2) is 0 Å². The van der Waals surface area contributed by atoms with Crippen molar-refractivity contribution in [3.05, 3.63) is 60.2 Å². The molecule has 0 heterocycles. The fourth-order valence-corrected chi connectivity index (χ4v) is 1.56. The Labute approximate surface area is 101 Å². The van der Waals surface area contributed by atoms with Crippen LogP contribution in [0.5, 0.6) is 11.5 Å². The molecule has 0 N–H and O–H groups in total. The van der Waals surface area contributed by atoms with Crippen LogP contribution in [0, 0.1) is 0 Å². The summed E-state index contributed by atoms with van der Waals surface area (Å²) in [6, 6.07) is 17.2. The lowest BCUT2D eigenvalue weighted by molar-refractivity contribution is -0.108. The Morgan fingerprint density at radius 1 is 1.00 bits per heavy atom. The van der Waals surface area contributed by atoms with E-state index in [0.29, 0.717) is 0 Å². The quantitative estimate of drug-likeness (QED) is 0.741. The predicted octanol–water partition coefficient (Wildman–Crippen LogP) is 3.78. The van der Waals surface area contributed by atoms with Crippen LogP contribution in [0.15, 0.2) is 54.6 Å². The van der Waals surface area contributed by atoms with Gasteiger partial charge in [-0.05, 0) is 29.8 Å². The lowest BCUT2D eigenvalue weighted by Crippen LogP contribution is -1.94. The van der Waals surface area contributed by atoms with Gasteiger partial charge in [-0.2, -0.15) is 0 Å². The highest BCUT2D eigenvalue weighted by Crippen LogP contribution is 2.24. The van der Waals surface area contributed by atoms with Crippen molar-refractivity contribution in [2.45, 2.75) is 12.8 Å². The number of carbonyl (C=O) groups is 1. The van der Waals surface area contributed by atoms with Crippen molar-refractivity contribution in [3.8, 4) is 11.5 Å². The van der Waals surface area contributed by atoms with Gasteiger partial charge in [-0.15, -0.1) is 0 Å². The Morgan fingerprint density at radius 3 is 2.41 bits per heavy atom. The first-order valence-corrected chi connectivity index (χ1v) is 5.58. The van der Waals surface area contributed by atoms with E-state index in [4.69, 9.17) is 4.74 Å². The lowest BCUT2D eigenvalue weighted by Gasteiger charge is -2.08. The fraction of sp³-hybridized carbons (Fsp3) is 0.133. The van der Waals surface area contributed by atoms with Gasteiger partial charge in [0, 0.05) is 5.92 Å². The SMILES string of the molecule is C[C@H](C=O)c1cccc(Oc2ccccc2)c1. The molecule has 0 saturated carbocycles. The van der Waals surface area contributed by atoms with Gasteiger partial charge in [-0.1, -0.05) is 37.3 Å². The molecule has 1 atom stereocenters. The molecular weight excluding hydrogens is 212 g/mol. The second-order valence-corrected chi connectivity index (χ2v) is 3.91. The highest BCUT2D eigenvalue weighted by molar-refractivity contribution is 5.61. The van der Waals surface area contributed by atoms with Crippen molar-refractivity contribution in [2.75, 3.05) is 0 Å². The highest BCUT2D eigenvalue weighted by atomic mass is 16.5. The summed E-state index contributed by atoms with van der Waals surface area (Å²) in [7, 11) is 0. The molecule has 0 spiro atoms. The van der Waals surface area contributed by atoms with Crippen LogP contribution < -0.4 is 4.74 Å². The molecule has 2 aromatic carbocycles. The molecule has 0 fully saturated rings. The van der Waals surface area contributed by atoms with Gasteiger partial charge < -0.3 is 9.53 Å². The average Bonchev–Trinajstić information content (AvgIpc) is 2.39. The normalized spacial score (nSPS) is 11.8. The maximum Gasteiger partial charge on any atom is 0.127 e. The maximum atomic E-state index is 10.7. The molecule has 2 heteroatoms. The molecule has 0 saturated heterocycles. The molecule has 0 aliphatic carbocycles. The standard InChI is InChI=1S/C15H14O2/c1-12(11-16)13-6-5-9-15(10-13)17-14-7-3-2-4-8-14/h2-12H,1H3/t12-/m1/s1. The van der Waals surface area contributed by atoms with Gasteiger partial charge in [0.25, 0.3) is 0 Å². The average molecular weight is 226 g/mol. The topological polar surface area (TPSA) is 26.3 Å². The second-order valence-electron chi connectivity index (χ2n) is 3.91. The molecule has 0 unspecified atom stereocenters. The molecule has 2 aromatic rings. The number of ether oxygens (including phenoxy) is 1. The zero-order valence-corrected chi connectivity index (χ0v) is 9.67. The Balaban J connectivity index is 2.19. The van der Waals surface area contributed by atoms with Crippen LogP contribution in [0.3, 0.4) is 0 Å². The summed E-state index contributed by atoms with van der Waals surface area (Å²) in [6.45, 7) is 1.87. The van der Waals surface area contributed by atoms with Crippen LogP contribution >= 0.6 is 0 Å². The minimum Gasteiger partial charge on any atom is -0.457 e. The number of hydrogen-bond donors (Lipinski definition) is 0. The van der Waals surface area contributed by atoms with E-state index in [9.17, 15) is 4.79 Å². The molecule has 17 heavy (non-hydrogen) atoms. The fourth-order valence-electron chi connectivity index (χ4n) is 1.56. The monoisotopic (exact) mass is 226 g/mol. The molecule has 0 radical (unpaired) electrons. The minimum atomic E-state index is -0.102. The first-order valence-electron chi connectivity index (χ1n) is 5.58. The van der Waals surface area contributed by atoms with Crippen LogP contribution in [-0.2, 0) is 4.79 Å². The summed E-state index contributed by atoms with van der Waals surface area (Å²) in [5.41, 5.74) is 0.966. The van der Waals surface area contributed by atoms with E-state index in [1.807, 2.05) is 61.5 Å². The Kier molecular flexibility index (Phi) is 3.55. The van der Waals surface area contributed by atoms with E-state index in [-0.39, 0.29) is 5.92 Å². The van der Waals surface area contributed by atoms with E-state index >= 15 is 0 Å². The lowest BCUT2D eigenvalue weighted by atomic mass is 10.0. The number of hydrogen-bond acceptors (Lipinski definition) is 2. The van der Waals surface area contributed by atoms with Crippen LogP contribution in [0.2, 0.25) is 0 Å². The number of para-hydroxylation sites is 1. The van der Waals surface area contributed by atoms with Crippen molar-refractivity contribution < 1.29 is 9.53 Å². The van der Waals surface area contributed by atoms with Gasteiger partial charge >= 0.3 is 0 Å². The van der Waals surface area contributed by atoms with E-state index in [1.165, 1.54) is 0 Å². The summed E-state index contributed by atoms with van der Waals surface area (Å²) in [5, 5.41) is 0. The van der Waals surface area contributed by atoms with Gasteiger partial charge in [0.1, 0.15) is 17.8 Å². The van der Waals surface area contributed by atoms with Crippen molar-refractivity contribution >= 4 is 6.29 Å². The Hall–Kier alpha value is -2.09. The summed E-state index contributed by atoms with van der Waals surface area (Å²) < 4.78 is 5.70. The van der Waals surface area contributed by atoms with Gasteiger partial charge in [0.2, 0.25) is 0 Å². The van der Waals surface area contributed by atoms with Gasteiger partial charge in [-0.3, -0.25) is 0 Å².